The van der Waals surface area contributed by atoms with Gasteiger partial charge in [0.25, 0.3) is 0 Å². The molecular weight excluding hydrogens is 206 g/mol. The van der Waals surface area contributed by atoms with Gasteiger partial charge in [0.1, 0.15) is 0 Å². The molecule has 1 aliphatic heterocycles. The summed E-state index contributed by atoms with van der Waals surface area (Å²) in [5.41, 5.74) is 3.62. The van der Waals surface area contributed by atoms with E-state index in [1.54, 1.807) is 0 Å². The van der Waals surface area contributed by atoms with Gasteiger partial charge in [-0.25, -0.2) is 0 Å². The Morgan fingerprint density at radius 1 is 1.44 bits per heavy atom. The average Bonchev–Trinajstić information content (AvgIpc) is 2.45. The molecular formula is C12H13NO3. The second-order valence-electron chi connectivity index (χ2n) is 4.19. The third-order valence-corrected chi connectivity index (χ3v) is 2.83. The van der Waals surface area contributed by atoms with Crippen molar-refractivity contribution in [1.29, 1.82) is 0 Å². The monoisotopic (exact) mass is 219 g/mol. The predicted molar refractivity (Wildman–Crippen MR) is 59.5 cm³/mol. The van der Waals surface area contributed by atoms with Gasteiger partial charge in [0.2, 0.25) is 5.91 Å². The summed E-state index contributed by atoms with van der Waals surface area (Å²) in [6, 6.07) is 3.86. The molecule has 0 fully saturated rings. The number of aryl methyl sites for hydroxylation is 2. The number of aliphatic carboxylic acids is 1. The number of carboxylic acid groups (broad SMARTS) is 1. The molecule has 4 heteroatoms. The molecule has 0 unspecified atom stereocenters. The topological polar surface area (TPSA) is 66.4 Å². The van der Waals surface area contributed by atoms with E-state index >= 15 is 0 Å². The molecule has 1 heterocycles. The maximum absolute atomic E-state index is 11.7. The number of carbonyl (C=O) groups excluding carboxylic acids is 1. The van der Waals surface area contributed by atoms with E-state index in [4.69, 9.17) is 5.11 Å². The van der Waals surface area contributed by atoms with Gasteiger partial charge in [0, 0.05) is 5.69 Å². The van der Waals surface area contributed by atoms with Crippen LogP contribution in [-0.4, -0.2) is 17.0 Å². The van der Waals surface area contributed by atoms with E-state index in [-0.39, 0.29) is 12.3 Å². The summed E-state index contributed by atoms with van der Waals surface area (Å²) in [5.74, 6) is -1.72. The predicted octanol–water partition coefficient (Wildman–Crippen LogP) is 1.81. The molecule has 1 amide bonds. The lowest BCUT2D eigenvalue weighted by atomic mass is 9.94. The number of nitrogens with one attached hydrogen (secondary N) is 1. The molecule has 2 N–H and O–H groups in total. The van der Waals surface area contributed by atoms with Gasteiger partial charge in [-0.2, -0.15) is 0 Å². The first-order valence-electron chi connectivity index (χ1n) is 5.13. The zero-order chi connectivity index (χ0) is 11.9. The van der Waals surface area contributed by atoms with Gasteiger partial charge >= 0.3 is 5.97 Å². The van der Waals surface area contributed by atoms with Gasteiger partial charge < -0.3 is 10.4 Å². The summed E-state index contributed by atoms with van der Waals surface area (Å²) >= 11 is 0. The first kappa shape index (κ1) is 10.7. The van der Waals surface area contributed by atoms with Gasteiger partial charge in [-0.15, -0.1) is 0 Å². The highest BCUT2D eigenvalue weighted by atomic mass is 16.4. The van der Waals surface area contributed by atoms with Gasteiger partial charge in [-0.3, -0.25) is 9.59 Å². The van der Waals surface area contributed by atoms with Crippen LogP contribution in [0, 0.1) is 13.8 Å². The molecule has 0 aliphatic carbocycles. The van der Waals surface area contributed by atoms with Crippen LogP contribution in [0.3, 0.4) is 0 Å². The molecule has 4 nitrogen and oxygen atoms in total. The number of carboxylic acids is 1. The average molecular weight is 219 g/mol. The second-order valence-corrected chi connectivity index (χ2v) is 4.19. The summed E-state index contributed by atoms with van der Waals surface area (Å²) in [4.78, 5) is 22.4. The SMILES string of the molecule is Cc1cc(C)c2c(c1)[C@H](CC(=O)O)C(=O)N2. The van der Waals surface area contributed by atoms with Gasteiger partial charge in [-0.05, 0) is 25.0 Å². The lowest BCUT2D eigenvalue weighted by molar-refractivity contribution is -0.138. The fraction of sp³-hybridized carbons (Fsp3) is 0.333. The van der Waals surface area contributed by atoms with Crippen molar-refractivity contribution >= 4 is 17.6 Å². The lowest BCUT2D eigenvalue weighted by Crippen LogP contribution is -2.15. The Bertz CT molecular complexity index is 479. The molecule has 84 valence electrons. The van der Waals surface area contributed by atoms with Gasteiger partial charge in [0.15, 0.2) is 0 Å². The first-order valence-corrected chi connectivity index (χ1v) is 5.13. The highest BCUT2D eigenvalue weighted by Crippen LogP contribution is 2.37. The molecule has 0 saturated carbocycles. The van der Waals surface area contributed by atoms with E-state index in [1.807, 2.05) is 26.0 Å². The van der Waals surface area contributed by atoms with Crippen LogP contribution in [0.25, 0.3) is 0 Å². The quantitative estimate of drug-likeness (QED) is 0.797. The van der Waals surface area contributed by atoms with Crippen molar-refractivity contribution in [2.45, 2.75) is 26.2 Å². The first-order chi connectivity index (χ1) is 7.49. The summed E-state index contributed by atoms with van der Waals surface area (Å²) in [6.45, 7) is 3.85. The van der Waals surface area contributed by atoms with Crippen LogP contribution in [0.4, 0.5) is 5.69 Å². The molecule has 16 heavy (non-hydrogen) atoms. The zero-order valence-electron chi connectivity index (χ0n) is 9.20. The highest BCUT2D eigenvalue weighted by molar-refractivity contribution is 6.05. The van der Waals surface area contributed by atoms with E-state index in [2.05, 4.69) is 5.32 Å². The molecule has 0 saturated heterocycles. The third-order valence-electron chi connectivity index (χ3n) is 2.83. The van der Waals surface area contributed by atoms with E-state index in [0.29, 0.717) is 0 Å². The van der Waals surface area contributed by atoms with Crippen LogP contribution in [0.5, 0.6) is 0 Å². The molecule has 1 atom stereocenters. The molecule has 1 aromatic carbocycles. The van der Waals surface area contributed by atoms with E-state index in [1.165, 1.54) is 0 Å². The normalized spacial score (nSPS) is 18.1. The van der Waals surface area contributed by atoms with Crippen molar-refractivity contribution in [2.75, 3.05) is 5.32 Å². The van der Waals surface area contributed by atoms with Crippen molar-refractivity contribution in [3.05, 3.63) is 28.8 Å². The fourth-order valence-electron chi connectivity index (χ4n) is 2.17. The Labute approximate surface area is 93.3 Å². The van der Waals surface area contributed by atoms with Crippen molar-refractivity contribution in [3.8, 4) is 0 Å². The number of rotatable bonds is 2. The molecule has 0 bridgehead atoms. The van der Waals surface area contributed by atoms with Gasteiger partial charge in [0.05, 0.1) is 12.3 Å². The van der Waals surface area contributed by atoms with Crippen LogP contribution in [0.2, 0.25) is 0 Å². The van der Waals surface area contributed by atoms with Crippen LogP contribution in [-0.2, 0) is 9.59 Å². The Kier molecular flexibility index (Phi) is 2.42. The minimum Gasteiger partial charge on any atom is -0.481 e. The highest BCUT2D eigenvalue weighted by Gasteiger charge is 2.33. The van der Waals surface area contributed by atoms with Crippen LogP contribution in [0.15, 0.2) is 12.1 Å². The largest absolute Gasteiger partial charge is 0.481 e. The van der Waals surface area contributed by atoms with Gasteiger partial charge in [-0.1, -0.05) is 17.7 Å². The number of fused-ring (bicyclic) bond motifs is 1. The minimum absolute atomic E-state index is 0.151. The number of amides is 1. The fourth-order valence-corrected chi connectivity index (χ4v) is 2.17. The van der Waals surface area contributed by atoms with E-state index in [0.717, 1.165) is 22.4 Å². The lowest BCUT2D eigenvalue weighted by Gasteiger charge is -2.07. The summed E-state index contributed by atoms with van der Waals surface area (Å²) in [7, 11) is 0. The maximum atomic E-state index is 11.7. The van der Waals surface area contributed by atoms with Crippen molar-refractivity contribution < 1.29 is 14.7 Å². The Morgan fingerprint density at radius 3 is 2.75 bits per heavy atom. The molecule has 0 aromatic heterocycles. The molecule has 1 aliphatic rings. The zero-order valence-corrected chi connectivity index (χ0v) is 9.20. The number of hydrogen-bond acceptors (Lipinski definition) is 2. The Morgan fingerprint density at radius 2 is 2.12 bits per heavy atom. The van der Waals surface area contributed by atoms with Crippen LogP contribution >= 0.6 is 0 Å². The van der Waals surface area contributed by atoms with E-state index < -0.39 is 11.9 Å². The molecule has 0 radical (unpaired) electrons. The summed E-state index contributed by atoms with van der Waals surface area (Å²) < 4.78 is 0. The Hall–Kier alpha value is -1.84. The summed E-state index contributed by atoms with van der Waals surface area (Å²) in [6.07, 6.45) is -0.151. The maximum Gasteiger partial charge on any atom is 0.304 e. The smallest absolute Gasteiger partial charge is 0.304 e. The molecule has 2 rings (SSSR count). The third kappa shape index (κ3) is 1.66. The van der Waals surface area contributed by atoms with Crippen molar-refractivity contribution in [1.82, 2.24) is 0 Å². The standard InChI is InChI=1S/C12H13NO3/c1-6-3-7(2)11-8(4-6)9(5-10(14)15)12(16)13-11/h3-4,9H,5H2,1-2H3,(H,13,16)(H,14,15)/t9-/m0/s1. The number of carbonyl (C=O) groups is 2. The van der Waals surface area contributed by atoms with Crippen molar-refractivity contribution in [3.63, 3.8) is 0 Å². The van der Waals surface area contributed by atoms with Crippen LogP contribution < -0.4 is 5.32 Å². The number of benzene rings is 1. The summed E-state index contributed by atoms with van der Waals surface area (Å²) in [5, 5.41) is 11.5. The Balaban J connectivity index is 2.47. The van der Waals surface area contributed by atoms with Crippen molar-refractivity contribution in [2.24, 2.45) is 0 Å². The number of anilines is 1. The molecule has 1 aromatic rings. The van der Waals surface area contributed by atoms with Crippen LogP contribution in [0.1, 0.15) is 29.0 Å². The van der Waals surface area contributed by atoms with E-state index in [9.17, 15) is 9.59 Å². The minimum atomic E-state index is -0.952. The molecule has 0 spiro atoms. The second kappa shape index (κ2) is 3.63. The number of hydrogen-bond donors (Lipinski definition) is 2.